The molecule has 0 aliphatic heterocycles. The Hall–Kier alpha value is -3.92. The van der Waals surface area contributed by atoms with Crippen LogP contribution in [-0.4, -0.2) is 14.8 Å². The van der Waals surface area contributed by atoms with Gasteiger partial charge in [-0.2, -0.15) is 10.4 Å². The van der Waals surface area contributed by atoms with E-state index in [0.29, 0.717) is 24.0 Å². The summed E-state index contributed by atoms with van der Waals surface area (Å²) >= 11 is 0. The monoisotopic (exact) mass is 441 g/mol. The number of hydrogen-bond donors (Lipinski definition) is 1. The minimum Gasteiger partial charge on any atom is -0.472 e. The van der Waals surface area contributed by atoms with Crippen molar-refractivity contribution in [3.05, 3.63) is 78.2 Å². The number of nitriles is 1. The molecule has 2 atom stereocenters. The van der Waals surface area contributed by atoms with Crippen LogP contribution in [0, 0.1) is 23.1 Å². The number of rotatable bonds is 6. The van der Waals surface area contributed by atoms with Gasteiger partial charge >= 0.3 is 0 Å². The molecule has 1 aliphatic rings. The molecule has 0 bridgehead atoms. The van der Waals surface area contributed by atoms with Gasteiger partial charge in [0.1, 0.15) is 17.8 Å². The van der Waals surface area contributed by atoms with Crippen LogP contribution in [0.3, 0.4) is 0 Å². The zero-order valence-corrected chi connectivity index (χ0v) is 18.1. The normalized spacial score (nSPS) is 18.1. The largest absolute Gasteiger partial charge is 0.472 e. The first-order valence-corrected chi connectivity index (χ1v) is 11.2. The van der Waals surface area contributed by atoms with Gasteiger partial charge in [0.15, 0.2) is 5.82 Å². The van der Waals surface area contributed by atoms with Crippen LogP contribution in [0.4, 0.5) is 15.9 Å². The molecule has 0 saturated heterocycles. The average Bonchev–Trinajstić information content (AvgIpc) is 3.23. The maximum Gasteiger partial charge on any atom is 0.227 e. The van der Waals surface area contributed by atoms with Gasteiger partial charge < -0.3 is 10.1 Å². The van der Waals surface area contributed by atoms with E-state index in [1.165, 1.54) is 12.1 Å². The van der Waals surface area contributed by atoms with Gasteiger partial charge in [-0.1, -0.05) is 43.2 Å². The molecular formula is C26H24FN5O. The number of anilines is 2. The van der Waals surface area contributed by atoms with Gasteiger partial charge in [0.2, 0.25) is 5.88 Å². The lowest BCUT2D eigenvalue weighted by Gasteiger charge is -2.27. The van der Waals surface area contributed by atoms with Gasteiger partial charge in [0.05, 0.1) is 23.5 Å². The summed E-state index contributed by atoms with van der Waals surface area (Å²) in [6.45, 7) is 0.373. The van der Waals surface area contributed by atoms with Crippen molar-refractivity contribution < 1.29 is 9.13 Å². The van der Waals surface area contributed by atoms with Gasteiger partial charge in [-0.15, -0.1) is 0 Å². The van der Waals surface area contributed by atoms with E-state index in [1.54, 1.807) is 18.3 Å². The fraction of sp³-hybridized carbons (Fsp3) is 0.269. The summed E-state index contributed by atoms with van der Waals surface area (Å²) in [7, 11) is 0. The number of ether oxygens (including phenoxy) is 1. The van der Waals surface area contributed by atoms with Crippen LogP contribution in [0.25, 0.3) is 10.9 Å². The molecule has 1 saturated carbocycles. The number of hydrogen-bond acceptors (Lipinski definition) is 5. The summed E-state index contributed by atoms with van der Waals surface area (Å²) in [5, 5.41) is 18.7. The topological polar surface area (TPSA) is 75.8 Å². The van der Waals surface area contributed by atoms with Gasteiger partial charge in [0, 0.05) is 11.9 Å². The number of nitrogens with one attached hydrogen (secondary N) is 1. The van der Waals surface area contributed by atoms with Crippen LogP contribution in [0.15, 0.2) is 66.9 Å². The molecule has 1 aliphatic carbocycles. The van der Waals surface area contributed by atoms with Crippen molar-refractivity contribution in [3.8, 4) is 11.9 Å². The lowest BCUT2D eigenvalue weighted by molar-refractivity contribution is 0.277. The van der Waals surface area contributed by atoms with E-state index in [9.17, 15) is 9.65 Å². The van der Waals surface area contributed by atoms with Crippen molar-refractivity contribution in [2.45, 2.75) is 38.3 Å². The van der Waals surface area contributed by atoms with E-state index in [4.69, 9.17) is 9.84 Å². The van der Waals surface area contributed by atoms with E-state index in [0.717, 1.165) is 42.1 Å². The van der Waals surface area contributed by atoms with E-state index >= 15 is 0 Å². The summed E-state index contributed by atoms with van der Waals surface area (Å²) in [5.41, 5.74) is 2.61. The predicted octanol–water partition coefficient (Wildman–Crippen LogP) is 6.15. The highest BCUT2D eigenvalue weighted by Crippen LogP contribution is 2.39. The zero-order valence-electron chi connectivity index (χ0n) is 18.1. The van der Waals surface area contributed by atoms with Crippen molar-refractivity contribution in [2.75, 3.05) is 5.32 Å². The second-order valence-electron chi connectivity index (χ2n) is 8.30. The smallest absolute Gasteiger partial charge is 0.227 e. The molecule has 4 aromatic rings. The lowest BCUT2D eigenvalue weighted by Crippen LogP contribution is -2.23. The third-order valence-corrected chi connectivity index (χ3v) is 6.12. The van der Waals surface area contributed by atoms with Gasteiger partial charge in [0.25, 0.3) is 0 Å². The van der Waals surface area contributed by atoms with Crippen molar-refractivity contribution in [3.63, 3.8) is 0 Å². The third-order valence-electron chi connectivity index (χ3n) is 6.12. The molecule has 2 aromatic heterocycles. The molecule has 1 N–H and O–H groups in total. The quantitative estimate of drug-likeness (QED) is 0.388. The highest BCUT2D eigenvalue weighted by molar-refractivity contribution is 5.96. The first kappa shape index (κ1) is 21.0. The highest BCUT2D eigenvalue weighted by atomic mass is 19.1. The molecule has 1 fully saturated rings. The van der Waals surface area contributed by atoms with Crippen molar-refractivity contribution >= 4 is 22.4 Å². The molecule has 33 heavy (non-hydrogen) atoms. The summed E-state index contributed by atoms with van der Waals surface area (Å²) in [6, 6.07) is 20.4. The molecule has 0 spiro atoms. The van der Waals surface area contributed by atoms with Crippen molar-refractivity contribution in [1.29, 1.82) is 5.26 Å². The van der Waals surface area contributed by atoms with Crippen LogP contribution in [-0.2, 0) is 6.61 Å². The van der Waals surface area contributed by atoms with Crippen molar-refractivity contribution in [1.82, 2.24) is 14.8 Å². The molecule has 2 heterocycles. The van der Waals surface area contributed by atoms with E-state index in [1.807, 2.05) is 41.1 Å². The second kappa shape index (κ2) is 9.29. The third kappa shape index (κ3) is 4.37. The Morgan fingerprint density at radius 2 is 1.85 bits per heavy atom. The van der Waals surface area contributed by atoms with E-state index < -0.39 is 0 Å². The molecule has 5 rings (SSSR count). The van der Waals surface area contributed by atoms with Crippen LogP contribution in [0.5, 0.6) is 5.88 Å². The summed E-state index contributed by atoms with van der Waals surface area (Å²) in [5.74, 6) is 0.650. The Kier molecular flexibility index (Phi) is 5.90. The average molecular weight is 442 g/mol. The van der Waals surface area contributed by atoms with Crippen LogP contribution in [0.2, 0.25) is 0 Å². The standard InChI is InChI=1S/C26H24FN5O/c27-20-10-12-21(13-11-20)30-25-24-23(32(31-25)22-9-5-4-8-19(22)16-28)14-15-29-26(24)33-17-18-6-2-1-3-7-18/h1-3,6-7,10-15,19,22H,4-5,8-9,17H2,(H,30,31)/t19-,22+/m0/s1. The predicted molar refractivity (Wildman–Crippen MR) is 125 cm³/mol. The Labute approximate surface area is 191 Å². The number of halogens is 1. The highest BCUT2D eigenvalue weighted by Gasteiger charge is 2.30. The lowest BCUT2D eigenvalue weighted by atomic mass is 9.85. The first-order valence-electron chi connectivity index (χ1n) is 11.2. The minimum atomic E-state index is -0.302. The maximum atomic E-state index is 13.4. The maximum absolute atomic E-state index is 13.4. The fourth-order valence-corrected chi connectivity index (χ4v) is 4.46. The van der Waals surface area contributed by atoms with Crippen LogP contribution < -0.4 is 10.1 Å². The number of pyridine rings is 1. The van der Waals surface area contributed by atoms with Crippen LogP contribution >= 0.6 is 0 Å². The SMILES string of the molecule is N#C[C@@H]1CCCC[C@H]1n1nc(Nc2ccc(F)cc2)c2c(OCc3ccccc3)nccc21. The van der Waals surface area contributed by atoms with Gasteiger partial charge in [-0.25, -0.2) is 9.37 Å². The number of nitrogens with zero attached hydrogens (tertiary/aromatic N) is 4. The fourth-order valence-electron chi connectivity index (χ4n) is 4.46. The van der Waals surface area contributed by atoms with E-state index in [-0.39, 0.29) is 17.8 Å². The Bertz CT molecular complexity index is 1280. The minimum absolute atomic E-state index is 0.0145. The Morgan fingerprint density at radius 1 is 1.06 bits per heavy atom. The second-order valence-corrected chi connectivity index (χ2v) is 8.30. The molecule has 0 unspecified atom stereocenters. The summed E-state index contributed by atoms with van der Waals surface area (Å²) < 4.78 is 21.5. The van der Waals surface area contributed by atoms with E-state index in [2.05, 4.69) is 16.4 Å². The Balaban J connectivity index is 1.57. The molecule has 2 aromatic carbocycles. The number of aromatic nitrogens is 3. The molecule has 7 heteroatoms. The molecule has 166 valence electrons. The molecule has 0 radical (unpaired) electrons. The van der Waals surface area contributed by atoms with Gasteiger partial charge in [-0.05, 0) is 48.7 Å². The van der Waals surface area contributed by atoms with Crippen molar-refractivity contribution in [2.24, 2.45) is 5.92 Å². The summed E-state index contributed by atoms with van der Waals surface area (Å²) in [4.78, 5) is 4.50. The first-order chi connectivity index (χ1) is 16.2. The van der Waals surface area contributed by atoms with Gasteiger partial charge in [-0.3, -0.25) is 4.68 Å². The molecule has 0 amide bonds. The summed E-state index contributed by atoms with van der Waals surface area (Å²) in [6.07, 6.45) is 5.60. The number of benzene rings is 2. The molecule has 6 nitrogen and oxygen atoms in total. The Morgan fingerprint density at radius 3 is 2.64 bits per heavy atom. The zero-order chi connectivity index (χ0) is 22.6. The molecular weight excluding hydrogens is 417 g/mol. The van der Waals surface area contributed by atoms with Crippen LogP contribution in [0.1, 0.15) is 37.3 Å². The number of fused-ring (bicyclic) bond motifs is 1.